The quantitative estimate of drug-likeness (QED) is 0.683. The van der Waals surface area contributed by atoms with Crippen molar-refractivity contribution in [3.63, 3.8) is 0 Å². The van der Waals surface area contributed by atoms with Crippen LogP contribution in [0.25, 0.3) is 5.65 Å². The second-order valence-corrected chi connectivity index (χ2v) is 5.75. The van der Waals surface area contributed by atoms with Gasteiger partial charge in [-0.3, -0.25) is 9.20 Å². The molecule has 4 heteroatoms. The van der Waals surface area contributed by atoms with Gasteiger partial charge in [0.05, 0.1) is 0 Å². The Labute approximate surface area is 121 Å². The lowest BCUT2D eigenvalue weighted by atomic mass is 10.2. The highest BCUT2D eigenvalue weighted by atomic mass is 32.2. The van der Waals surface area contributed by atoms with E-state index in [4.69, 9.17) is 0 Å². The molecular formula is C16H14N2OS. The van der Waals surface area contributed by atoms with Gasteiger partial charge in [-0.15, -0.1) is 0 Å². The van der Waals surface area contributed by atoms with Gasteiger partial charge in [0, 0.05) is 11.1 Å². The van der Waals surface area contributed by atoms with Crippen LogP contribution in [-0.4, -0.2) is 15.7 Å². The number of pyridine rings is 1. The van der Waals surface area contributed by atoms with Crippen LogP contribution in [0.2, 0.25) is 0 Å². The van der Waals surface area contributed by atoms with E-state index < -0.39 is 0 Å². The number of imidazole rings is 1. The molecule has 0 fully saturated rings. The van der Waals surface area contributed by atoms with Crippen molar-refractivity contribution in [1.29, 1.82) is 0 Å². The minimum absolute atomic E-state index is 0.603. The molecule has 0 spiro atoms. The predicted molar refractivity (Wildman–Crippen MR) is 80.6 cm³/mol. The summed E-state index contributed by atoms with van der Waals surface area (Å²) < 4.78 is 1.82. The molecular weight excluding hydrogens is 268 g/mol. The van der Waals surface area contributed by atoms with Crippen LogP contribution in [0.5, 0.6) is 0 Å². The summed E-state index contributed by atoms with van der Waals surface area (Å²) in [6.45, 7) is 4.13. The molecule has 0 aliphatic carbocycles. The van der Waals surface area contributed by atoms with Crippen molar-refractivity contribution >= 4 is 23.7 Å². The molecule has 1 aromatic carbocycles. The summed E-state index contributed by atoms with van der Waals surface area (Å²) >= 11 is 1.54. The van der Waals surface area contributed by atoms with Crippen molar-refractivity contribution < 1.29 is 4.79 Å². The minimum Gasteiger partial charge on any atom is -0.296 e. The van der Waals surface area contributed by atoms with E-state index in [-0.39, 0.29) is 0 Å². The van der Waals surface area contributed by atoms with Gasteiger partial charge in [0.25, 0.3) is 0 Å². The van der Waals surface area contributed by atoms with Gasteiger partial charge >= 0.3 is 0 Å². The lowest BCUT2D eigenvalue weighted by Crippen LogP contribution is -1.91. The van der Waals surface area contributed by atoms with E-state index in [1.165, 1.54) is 11.1 Å². The molecule has 20 heavy (non-hydrogen) atoms. The molecule has 0 saturated heterocycles. The van der Waals surface area contributed by atoms with Crippen LogP contribution in [-0.2, 0) is 0 Å². The first kappa shape index (κ1) is 12.9. The Bertz CT molecular complexity index is 792. The van der Waals surface area contributed by atoms with Gasteiger partial charge in [-0.05, 0) is 43.2 Å². The van der Waals surface area contributed by atoms with Crippen molar-refractivity contribution in [2.45, 2.75) is 23.8 Å². The fraction of sp³-hybridized carbons (Fsp3) is 0.125. The number of aryl methyl sites for hydroxylation is 2. The van der Waals surface area contributed by atoms with E-state index in [0.29, 0.717) is 5.69 Å². The third kappa shape index (κ3) is 2.23. The first-order valence-corrected chi connectivity index (χ1v) is 7.18. The van der Waals surface area contributed by atoms with Crippen LogP contribution < -0.4 is 0 Å². The lowest BCUT2D eigenvalue weighted by molar-refractivity contribution is 0.111. The number of carbonyl (C=O) groups is 1. The molecule has 0 saturated carbocycles. The second-order valence-electron chi connectivity index (χ2n) is 4.72. The molecule has 2 aromatic heterocycles. The summed E-state index contributed by atoms with van der Waals surface area (Å²) in [7, 11) is 0. The smallest absolute Gasteiger partial charge is 0.169 e. The normalized spacial score (nSPS) is 10.9. The van der Waals surface area contributed by atoms with Crippen LogP contribution in [0.3, 0.4) is 0 Å². The fourth-order valence-electron chi connectivity index (χ4n) is 2.10. The Morgan fingerprint density at radius 3 is 2.85 bits per heavy atom. The molecule has 0 radical (unpaired) electrons. The van der Waals surface area contributed by atoms with Crippen molar-refractivity contribution in [2.75, 3.05) is 0 Å². The Kier molecular flexibility index (Phi) is 3.32. The van der Waals surface area contributed by atoms with E-state index in [2.05, 4.69) is 37.0 Å². The highest BCUT2D eigenvalue weighted by Crippen LogP contribution is 2.32. The van der Waals surface area contributed by atoms with Gasteiger partial charge in [-0.2, -0.15) is 0 Å². The first-order chi connectivity index (χ1) is 9.69. The summed E-state index contributed by atoms with van der Waals surface area (Å²) in [5.41, 5.74) is 3.79. The summed E-state index contributed by atoms with van der Waals surface area (Å²) in [4.78, 5) is 17.1. The van der Waals surface area contributed by atoms with Crippen LogP contribution in [0, 0.1) is 13.8 Å². The standard InChI is InChI=1S/C16H14N2OS/c1-11-6-7-12(2)14(9-11)20-16-13(10-19)18-8-4-3-5-15(18)17-16/h3-10H,1-2H3. The Morgan fingerprint density at radius 1 is 1.20 bits per heavy atom. The first-order valence-electron chi connectivity index (χ1n) is 6.36. The number of aromatic nitrogens is 2. The summed E-state index contributed by atoms with van der Waals surface area (Å²) in [5.74, 6) is 0. The van der Waals surface area contributed by atoms with E-state index in [9.17, 15) is 4.79 Å². The highest BCUT2D eigenvalue weighted by Gasteiger charge is 2.13. The molecule has 0 unspecified atom stereocenters. The SMILES string of the molecule is Cc1ccc(C)c(Sc2nc3ccccn3c2C=O)c1. The van der Waals surface area contributed by atoms with Crippen molar-refractivity contribution in [3.8, 4) is 0 Å². The molecule has 0 aliphatic heterocycles. The molecule has 3 nitrogen and oxygen atoms in total. The predicted octanol–water partition coefficient (Wildman–Crippen LogP) is 3.91. The molecule has 3 aromatic rings. The molecule has 0 N–H and O–H groups in total. The molecule has 100 valence electrons. The lowest BCUT2D eigenvalue weighted by Gasteiger charge is -2.05. The van der Waals surface area contributed by atoms with Gasteiger partial charge < -0.3 is 0 Å². The number of carbonyl (C=O) groups excluding carboxylic acids is 1. The van der Waals surface area contributed by atoms with Gasteiger partial charge in [0.15, 0.2) is 6.29 Å². The highest BCUT2D eigenvalue weighted by molar-refractivity contribution is 7.99. The zero-order valence-electron chi connectivity index (χ0n) is 11.3. The largest absolute Gasteiger partial charge is 0.296 e. The van der Waals surface area contributed by atoms with Gasteiger partial charge in [-0.1, -0.05) is 30.0 Å². The zero-order chi connectivity index (χ0) is 14.1. The summed E-state index contributed by atoms with van der Waals surface area (Å²) in [6, 6.07) is 12.0. The maximum atomic E-state index is 11.4. The number of rotatable bonds is 3. The van der Waals surface area contributed by atoms with Crippen molar-refractivity contribution in [2.24, 2.45) is 0 Å². The van der Waals surface area contributed by atoms with Gasteiger partial charge in [-0.25, -0.2) is 4.98 Å². The number of aldehydes is 1. The second kappa shape index (κ2) is 5.13. The topological polar surface area (TPSA) is 34.4 Å². The average Bonchev–Trinajstić information content (AvgIpc) is 2.80. The Balaban J connectivity index is 2.10. The molecule has 0 atom stereocenters. The molecule has 0 aliphatic rings. The molecule has 3 rings (SSSR count). The third-order valence-corrected chi connectivity index (χ3v) is 4.35. The van der Waals surface area contributed by atoms with Crippen LogP contribution in [0.1, 0.15) is 21.6 Å². The van der Waals surface area contributed by atoms with E-state index in [0.717, 1.165) is 21.9 Å². The maximum absolute atomic E-state index is 11.4. The zero-order valence-corrected chi connectivity index (χ0v) is 12.1. The van der Waals surface area contributed by atoms with E-state index >= 15 is 0 Å². The summed E-state index contributed by atoms with van der Waals surface area (Å²) in [5, 5.41) is 0.750. The van der Waals surface area contributed by atoms with Crippen LogP contribution >= 0.6 is 11.8 Å². The molecule has 0 amide bonds. The number of nitrogens with zero attached hydrogens (tertiary/aromatic N) is 2. The monoisotopic (exact) mass is 282 g/mol. The van der Waals surface area contributed by atoms with Crippen molar-refractivity contribution in [3.05, 3.63) is 59.4 Å². The Hall–Kier alpha value is -2.07. The van der Waals surface area contributed by atoms with E-state index in [1.54, 1.807) is 11.8 Å². The summed E-state index contributed by atoms with van der Waals surface area (Å²) in [6.07, 6.45) is 2.73. The van der Waals surface area contributed by atoms with Crippen LogP contribution in [0.4, 0.5) is 0 Å². The maximum Gasteiger partial charge on any atom is 0.169 e. The minimum atomic E-state index is 0.603. The number of benzene rings is 1. The number of hydrogen-bond donors (Lipinski definition) is 0. The number of fused-ring (bicyclic) bond motifs is 1. The van der Waals surface area contributed by atoms with Gasteiger partial charge in [0.1, 0.15) is 16.4 Å². The van der Waals surface area contributed by atoms with Gasteiger partial charge in [0.2, 0.25) is 0 Å². The number of hydrogen-bond acceptors (Lipinski definition) is 3. The van der Waals surface area contributed by atoms with E-state index in [1.807, 2.05) is 28.8 Å². The third-order valence-electron chi connectivity index (χ3n) is 3.20. The average molecular weight is 282 g/mol. The fourth-order valence-corrected chi connectivity index (χ4v) is 3.17. The van der Waals surface area contributed by atoms with Crippen molar-refractivity contribution in [1.82, 2.24) is 9.38 Å². The van der Waals surface area contributed by atoms with Crippen LogP contribution in [0.15, 0.2) is 52.5 Å². The molecule has 0 bridgehead atoms. The molecule has 2 heterocycles. The Morgan fingerprint density at radius 2 is 2.05 bits per heavy atom.